The SMILES string of the molecule is O=c1[nH]c(O)c(/C=N/c2nc(-c3ccncc3)cs2)c2ccccc12. The number of aliphatic imine (C=N–C) groups is 1. The first-order valence-corrected chi connectivity index (χ1v) is 8.34. The minimum Gasteiger partial charge on any atom is -0.494 e. The maximum Gasteiger partial charge on any atom is 0.258 e. The number of hydrogen-bond donors (Lipinski definition) is 2. The van der Waals surface area contributed by atoms with E-state index in [9.17, 15) is 9.90 Å². The molecule has 0 saturated carbocycles. The van der Waals surface area contributed by atoms with E-state index in [0.717, 1.165) is 11.3 Å². The molecule has 0 fully saturated rings. The Morgan fingerprint density at radius 2 is 1.88 bits per heavy atom. The molecule has 0 unspecified atom stereocenters. The number of benzene rings is 1. The number of pyridine rings is 2. The zero-order chi connectivity index (χ0) is 17.2. The summed E-state index contributed by atoms with van der Waals surface area (Å²) >= 11 is 1.40. The van der Waals surface area contributed by atoms with Crippen LogP contribution in [0.25, 0.3) is 22.0 Å². The molecule has 0 aliphatic carbocycles. The van der Waals surface area contributed by atoms with E-state index in [-0.39, 0.29) is 11.4 Å². The third-order valence-electron chi connectivity index (χ3n) is 3.72. The largest absolute Gasteiger partial charge is 0.494 e. The molecule has 0 spiro atoms. The quantitative estimate of drug-likeness (QED) is 0.554. The van der Waals surface area contributed by atoms with Crippen molar-refractivity contribution in [2.45, 2.75) is 0 Å². The van der Waals surface area contributed by atoms with Crippen molar-refractivity contribution >= 4 is 33.5 Å². The molecule has 0 amide bonds. The van der Waals surface area contributed by atoms with Crippen LogP contribution in [0.4, 0.5) is 5.13 Å². The topological polar surface area (TPSA) is 91.2 Å². The van der Waals surface area contributed by atoms with E-state index in [0.29, 0.717) is 21.5 Å². The number of nitrogens with zero attached hydrogens (tertiary/aromatic N) is 3. The van der Waals surface area contributed by atoms with Crippen LogP contribution in [-0.4, -0.2) is 26.3 Å². The van der Waals surface area contributed by atoms with Gasteiger partial charge in [0.15, 0.2) is 0 Å². The van der Waals surface area contributed by atoms with Crippen LogP contribution >= 0.6 is 11.3 Å². The molecular weight excluding hydrogens is 336 g/mol. The summed E-state index contributed by atoms with van der Waals surface area (Å²) < 4.78 is 0. The van der Waals surface area contributed by atoms with E-state index >= 15 is 0 Å². The lowest BCUT2D eigenvalue weighted by Crippen LogP contribution is -2.07. The number of fused-ring (bicyclic) bond motifs is 1. The summed E-state index contributed by atoms with van der Waals surface area (Å²) in [6.07, 6.45) is 4.94. The molecule has 3 heterocycles. The Hall–Kier alpha value is -3.32. The standard InChI is InChI=1S/C18H12N4O2S/c23-16-13-4-2-1-3-12(13)14(17(24)22-16)9-20-18-21-15(10-25-18)11-5-7-19-8-6-11/h1-10H,(H2,22,23,24)/b20-9+. The van der Waals surface area contributed by atoms with Gasteiger partial charge in [-0.1, -0.05) is 18.2 Å². The summed E-state index contributed by atoms with van der Waals surface area (Å²) in [6, 6.07) is 10.8. The summed E-state index contributed by atoms with van der Waals surface area (Å²) in [5.74, 6) is -0.210. The Bertz CT molecular complexity index is 1130. The van der Waals surface area contributed by atoms with Crippen LogP contribution in [0.2, 0.25) is 0 Å². The van der Waals surface area contributed by atoms with Gasteiger partial charge < -0.3 is 5.11 Å². The van der Waals surface area contributed by atoms with Gasteiger partial charge in [-0.15, -0.1) is 11.3 Å². The first kappa shape index (κ1) is 15.2. The van der Waals surface area contributed by atoms with Gasteiger partial charge in [0.1, 0.15) is 0 Å². The summed E-state index contributed by atoms with van der Waals surface area (Å²) in [6.45, 7) is 0. The molecule has 122 valence electrons. The van der Waals surface area contributed by atoms with Crippen molar-refractivity contribution in [2.24, 2.45) is 4.99 Å². The highest BCUT2D eigenvalue weighted by molar-refractivity contribution is 7.13. The average molecular weight is 348 g/mol. The van der Waals surface area contributed by atoms with E-state index in [4.69, 9.17) is 0 Å². The maximum atomic E-state index is 11.9. The zero-order valence-electron chi connectivity index (χ0n) is 12.9. The van der Waals surface area contributed by atoms with Crippen molar-refractivity contribution in [1.82, 2.24) is 15.0 Å². The van der Waals surface area contributed by atoms with Crippen LogP contribution in [0.5, 0.6) is 5.88 Å². The first-order chi connectivity index (χ1) is 12.2. The number of nitrogens with one attached hydrogen (secondary N) is 1. The lowest BCUT2D eigenvalue weighted by Gasteiger charge is -2.03. The smallest absolute Gasteiger partial charge is 0.258 e. The molecule has 1 aromatic carbocycles. The van der Waals surface area contributed by atoms with E-state index in [1.807, 2.05) is 23.6 Å². The molecule has 4 aromatic rings. The number of thiazole rings is 1. The fourth-order valence-electron chi connectivity index (χ4n) is 2.52. The van der Waals surface area contributed by atoms with Crippen molar-refractivity contribution in [3.63, 3.8) is 0 Å². The van der Waals surface area contributed by atoms with Crippen molar-refractivity contribution in [3.05, 3.63) is 70.1 Å². The van der Waals surface area contributed by atoms with Crippen LogP contribution < -0.4 is 5.56 Å². The predicted molar refractivity (Wildman–Crippen MR) is 98.8 cm³/mol. The Kier molecular flexibility index (Phi) is 3.83. The molecule has 4 rings (SSSR count). The van der Waals surface area contributed by atoms with Gasteiger partial charge in [-0.25, -0.2) is 9.98 Å². The third-order valence-corrected chi connectivity index (χ3v) is 4.47. The average Bonchev–Trinajstić information content (AvgIpc) is 3.11. The predicted octanol–water partition coefficient (Wildman–Crippen LogP) is 3.50. The third kappa shape index (κ3) is 2.92. The molecule has 0 aliphatic rings. The van der Waals surface area contributed by atoms with Gasteiger partial charge in [-0.2, -0.15) is 0 Å². The summed E-state index contributed by atoms with van der Waals surface area (Å²) in [5, 5.41) is 13.7. The van der Waals surface area contributed by atoms with Gasteiger partial charge in [0.05, 0.1) is 11.3 Å². The van der Waals surface area contributed by atoms with Crippen LogP contribution in [0.15, 0.2) is 64.0 Å². The van der Waals surface area contributed by atoms with E-state index in [2.05, 4.69) is 19.9 Å². The molecule has 25 heavy (non-hydrogen) atoms. The lowest BCUT2D eigenvalue weighted by molar-refractivity contribution is 0.452. The van der Waals surface area contributed by atoms with Crippen LogP contribution in [0, 0.1) is 0 Å². The summed E-state index contributed by atoms with van der Waals surface area (Å²) in [5.41, 5.74) is 1.90. The molecular formula is C18H12N4O2S. The van der Waals surface area contributed by atoms with Gasteiger partial charge in [-0.3, -0.25) is 14.8 Å². The highest BCUT2D eigenvalue weighted by Gasteiger charge is 2.09. The highest BCUT2D eigenvalue weighted by Crippen LogP contribution is 2.27. The molecule has 2 N–H and O–H groups in total. The fourth-order valence-corrected chi connectivity index (χ4v) is 3.19. The Morgan fingerprint density at radius 1 is 1.12 bits per heavy atom. The molecule has 3 aromatic heterocycles. The Labute approximate surface area is 146 Å². The molecule has 0 radical (unpaired) electrons. The monoisotopic (exact) mass is 348 g/mol. The Balaban J connectivity index is 1.73. The van der Waals surface area contributed by atoms with Crippen molar-refractivity contribution < 1.29 is 5.11 Å². The van der Waals surface area contributed by atoms with E-state index < -0.39 is 0 Å². The number of aromatic hydroxyl groups is 1. The number of aromatic amines is 1. The van der Waals surface area contributed by atoms with Gasteiger partial charge >= 0.3 is 0 Å². The number of hydrogen-bond acceptors (Lipinski definition) is 6. The minimum atomic E-state index is -0.334. The van der Waals surface area contributed by atoms with Gasteiger partial charge in [-0.05, 0) is 18.2 Å². The highest BCUT2D eigenvalue weighted by atomic mass is 32.1. The molecule has 0 atom stereocenters. The molecule has 0 bridgehead atoms. The first-order valence-electron chi connectivity index (χ1n) is 7.46. The molecule has 6 nitrogen and oxygen atoms in total. The second-order valence-electron chi connectivity index (χ2n) is 5.27. The maximum absolute atomic E-state index is 11.9. The van der Waals surface area contributed by atoms with Gasteiger partial charge in [0.2, 0.25) is 11.0 Å². The van der Waals surface area contributed by atoms with Crippen LogP contribution in [-0.2, 0) is 0 Å². The molecule has 0 aliphatic heterocycles. The van der Waals surface area contributed by atoms with Crippen LogP contribution in [0.1, 0.15) is 5.56 Å². The fraction of sp³-hybridized carbons (Fsp3) is 0. The summed E-state index contributed by atoms with van der Waals surface area (Å²) in [7, 11) is 0. The Morgan fingerprint density at radius 3 is 2.68 bits per heavy atom. The lowest BCUT2D eigenvalue weighted by atomic mass is 10.1. The second kappa shape index (κ2) is 6.29. The van der Waals surface area contributed by atoms with Gasteiger partial charge in [0, 0.05) is 40.3 Å². The zero-order valence-corrected chi connectivity index (χ0v) is 13.7. The van der Waals surface area contributed by atoms with E-state index in [1.165, 1.54) is 17.6 Å². The minimum absolute atomic E-state index is 0.210. The molecule has 7 heteroatoms. The van der Waals surface area contributed by atoms with Crippen molar-refractivity contribution in [2.75, 3.05) is 0 Å². The van der Waals surface area contributed by atoms with Crippen molar-refractivity contribution in [1.29, 1.82) is 0 Å². The van der Waals surface area contributed by atoms with Crippen LogP contribution in [0.3, 0.4) is 0 Å². The number of aromatic nitrogens is 3. The van der Waals surface area contributed by atoms with Gasteiger partial charge in [0.25, 0.3) is 5.56 Å². The second-order valence-corrected chi connectivity index (χ2v) is 6.11. The normalized spacial score (nSPS) is 11.4. The van der Waals surface area contributed by atoms with E-state index in [1.54, 1.807) is 30.6 Å². The van der Waals surface area contributed by atoms with Crippen molar-refractivity contribution in [3.8, 4) is 17.1 Å². The molecule has 0 saturated heterocycles. The summed E-state index contributed by atoms with van der Waals surface area (Å²) in [4.78, 5) is 27.1. The number of rotatable bonds is 3. The number of H-pyrrole nitrogens is 1.